The lowest BCUT2D eigenvalue weighted by Gasteiger charge is -2.12. The second-order valence-electron chi connectivity index (χ2n) is 4.44. The third-order valence-corrected chi connectivity index (χ3v) is 3.37. The Morgan fingerprint density at radius 2 is 2.00 bits per heavy atom. The van der Waals surface area contributed by atoms with Gasteiger partial charge in [0.15, 0.2) is 0 Å². The Hall–Kier alpha value is -0.870. The van der Waals surface area contributed by atoms with E-state index < -0.39 is 0 Å². The van der Waals surface area contributed by atoms with E-state index in [1.54, 1.807) is 0 Å². The highest BCUT2D eigenvalue weighted by molar-refractivity contribution is 9.10. The summed E-state index contributed by atoms with van der Waals surface area (Å²) in [5, 5.41) is 11.5. The van der Waals surface area contributed by atoms with Gasteiger partial charge in [0.25, 0.3) is 0 Å². The van der Waals surface area contributed by atoms with E-state index >= 15 is 0 Å². The molecule has 0 saturated carbocycles. The van der Waals surface area contributed by atoms with E-state index in [-0.39, 0.29) is 18.4 Å². The lowest BCUT2D eigenvalue weighted by Crippen LogP contribution is -2.25. The van der Waals surface area contributed by atoms with Gasteiger partial charge in [-0.05, 0) is 36.5 Å². The van der Waals surface area contributed by atoms with Crippen LogP contribution >= 0.6 is 15.9 Å². The van der Waals surface area contributed by atoms with Crippen LogP contribution in [0, 0.1) is 0 Å². The summed E-state index contributed by atoms with van der Waals surface area (Å²) in [5.41, 5.74) is 1.17. The Morgan fingerprint density at radius 1 is 1.33 bits per heavy atom. The van der Waals surface area contributed by atoms with E-state index in [1.165, 1.54) is 5.56 Å². The molecule has 1 aromatic carbocycles. The monoisotopic (exact) mass is 313 g/mol. The fourth-order valence-corrected chi connectivity index (χ4v) is 1.99. The van der Waals surface area contributed by atoms with Crippen molar-refractivity contribution in [2.24, 2.45) is 0 Å². The smallest absolute Gasteiger partial charge is 0.220 e. The molecule has 0 spiro atoms. The Morgan fingerprint density at radius 3 is 2.61 bits per heavy atom. The van der Waals surface area contributed by atoms with Crippen molar-refractivity contribution in [1.82, 2.24) is 5.32 Å². The molecule has 0 aliphatic rings. The number of unbranched alkanes of at least 4 members (excludes halogenated alkanes) is 1. The van der Waals surface area contributed by atoms with E-state index in [1.807, 2.05) is 24.3 Å². The van der Waals surface area contributed by atoms with Crippen LogP contribution in [0.15, 0.2) is 28.7 Å². The SMILES string of the molecule is CC(CC(=O)NCCCCO)c1ccc(Br)cc1. The third-order valence-electron chi connectivity index (χ3n) is 2.84. The first kappa shape index (κ1) is 15.2. The molecule has 1 aromatic rings. The van der Waals surface area contributed by atoms with Crippen LogP contribution < -0.4 is 5.32 Å². The topological polar surface area (TPSA) is 49.3 Å². The predicted molar refractivity (Wildman–Crippen MR) is 76.5 cm³/mol. The van der Waals surface area contributed by atoms with Gasteiger partial charge in [-0.2, -0.15) is 0 Å². The van der Waals surface area contributed by atoms with Crippen LogP contribution in [0.3, 0.4) is 0 Å². The van der Waals surface area contributed by atoms with Crippen molar-refractivity contribution in [2.75, 3.05) is 13.2 Å². The van der Waals surface area contributed by atoms with E-state index in [4.69, 9.17) is 5.11 Å². The Bertz CT molecular complexity index is 365. The van der Waals surface area contributed by atoms with Crippen molar-refractivity contribution in [1.29, 1.82) is 0 Å². The van der Waals surface area contributed by atoms with Gasteiger partial charge in [-0.25, -0.2) is 0 Å². The highest BCUT2D eigenvalue weighted by Crippen LogP contribution is 2.21. The molecule has 1 atom stereocenters. The zero-order valence-electron chi connectivity index (χ0n) is 10.7. The van der Waals surface area contributed by atoms with Gasteiger partial charge in [0.2, 0.25) is 5.91 Å². The molecule has 0 aliphatic heterocycles. The van der Waals surface area contributed by atoms with Crippen LogP contribution in [0.2, 0.25) is 0 Å². The minimum atomic E-state index is 0.0726. The van der Waals surface area contributed by atoms with E-state index in [9.17, 15) is 4.79 Å². The molecule has 4 heteroatoms. The predicted octanol–water partition coefficient (Wildman–Crippen LogP) is 2.83. The van der Waals surface area contributed by atoms with Gasteiger partial charge in [0, 0.05) is 24.0 Å². The number of halogens is 1. The zero-order valence-corrected chi connectivity index (χ0v) is 12.2. The maximum absolute atomic E-state index is 11.7. The second-order valence-corrected chi connectivity index (χ2v) is 5.35. The minimum Gasteiger partial charge on any atom is -0.396 e. The third kappa shape index (κ3) is 5.65. The van der Waals surface area contributed by atoms with Crippen LogP contribution in [-0.2, 0) is 4.79 Å². The summed E-state index contributed by atoms with van der Waals surface area (Å²) < 4.78 is 1.05. The molecule has 3 nitrogen and oxygen atoms in total. The van der Waals surface area contributed by atoms with Gasteiger partial charge in [0.1, 0.15) is 0 Å². The first-order valence-electron chi connectivity index (χ1n) is 6.26. The molecule has 2 N–H and O–H groups in total. The molecule has 0 heterocycles. The molecule has 1 rings (SSSR count). The summed E-state index contributed by atoms with van der Waals surface area (Å²) >= 11 is 3.39. The van der Waals surface area contributed by atoms with Crippen LogP contribution in [0.1, 0.15) is 37.7 Å². The van der Waals surface area contributed by atoms with Gasteiger partial charge >= 0.3 is 0 Å². The fourth-order valence-electron chi connectivity index (χ4n) is 1.72. The normalized spacial score (nSPS) is 12.2. The number of aliphatic hydroxyl groups excluding tert-OH is 1. The average Bonchev–Trinajstić information content (AvgIpc) is 2.35. The average molecular weight is 314 g/mol. The molecule has 0 radical (unpaired) electrons. The van der Waals surface area contributed by atoms with Crippen LogP contribution in [0.5, 0.6) is 0 Å². The molecule has 0 aromatic heterocycles. The second kappa shape index (κ2) is 8.27. The molecule has 0 bridgehead atoms. The maximum atomic E-state index is 11.7. The molecule has 1 amide bonds. The Balaban J connectivity index is 2.33. The lowest BCUT2D eigenvalue weighted by molar-refractivity contribution is -0.121. The number of benzene rings is 1. The largest absolute Gasteiger partial charge is 0.396 e. The standard InChI is InChI=1S/C14H20BrNO2/c1-11(12-4-6-13(15)7-5-12)10-14(18)16-8-2-3-9-17/h4-7,11,17H,2-3,8-10H2,1H3,(H,16,18). The highest BCUT2D eigenvalue weighted by atomic mass is 79.9. The van der Waals surface area contributed by atoms with Gasteiger partial charge < -0.3 is 10.4 Å². The van der Waals surface area contributed by atoms with Crippen LogP contribution in [0.4, 0.5) is 0 Å². The van der Waals surface area contributed by atoms with Crippen LogP contribution in [0.25, 0.3) is 0 Å². The zero-order chi connectivity index (χ0) is 13.4. The van der Waals surface area contributed by atoms with Gasteiger partial charge in [-0.3, -0.25) is 4.79 Å². The summed E-state index contributed by atoms with van der Waals surface area (Å²) in [6.45, 7) is 2.88. The first-order valence-corrected chi connectivity index (χ1v) is 7.06. The van der Waals surface area contributed by atoms with Crippen molar-refractivity contribution in [3.05, 3.63) is 34.3 Å². The molecule has 0 aliphatic carbocycles. The van der Waals surface area contributed by atoms with E-state index in [2.05, 4.69) is 28.2 Å². The number of aliphatic hydroxyl groups is 1. The van der Waals surface area contributed by atoms with Gasteiger partial charge in [-0.15, -0.1) is 0 Å². The Kier molecular flexibility index (Phi) is 6.98. The Labute approximate surface area is 117 Å². The highest BCUT2D eigenvalue weighted by Gasteiger charge is 2.10. The molecule has 0 saturated heterocycles. The van der Waals surface area contributed by atoms with Gasteiger partial charge in [-0.1, -0.05) is 35.0 Å². The molecular weight excluding hydrogens is 294 g/mol. The number of rotatable bonds is 7. The lowest BCUT2D eigenvalue weighted by atomic mass is 9.97. The summed E-state index contributed by atoms with van der Waals surface area (Å²) in [6, 6.07) is 8.05. The first-order chi connectivity index (χ1) is 8.63. The number of hydrogen-bond acceptors (Lipinski definition) is 2. The maximum Gasteiger partial charge on any atom is 0.220 e. The van der Waals surface area contributed by atoms with Crippen molar-refractivity contribution in [2.45, 2.75) is 32.1 Å². The number of nitrogens with one attached hydrogen (secondary N) is 1. The molecule has 0 fully saturated rings. The summed E-state index contributed by atoms with van der Waals surface area (Å²) in [5.74, 6) is 0.291. The number of hydrogen-bond donors (Lipinski definition) is 2. The number of amides is 1. The van der Waals surface area contributed by atoms with Crippen LogP contribution in [-0.4, -0.2) is 24.2 Å². The van der Waals surface area contributed by atoms with E-state index in [0.29, 0.717) is 13.0 Å². The summed E-state index contributed by atoms with van der Waals surface area (Å²) in [6.07, 6.45) is 2.07. The van der Waals surface area contributed by atoms with E-state index in [0.717, 1.165) is 17.3 Å². The van der Waals surface area contributed by atoms with Crippen molar-refractivity contribution < 1.29 is 9.90 Å². The minimum absolute atomic E-state index is 0.0726. The number of carbonyl (C=O) groups excluding carboxylic acids is 1. The van der Waals surface area contributed by atoms with Crippen molar-refractivity contribution >= 4 is 21.8 Å². The molecule has 18 heavy (non-hydrogen) atoms. The van der Waals surface area contributed by atoms with Crippen molar-refractivity contribution in [3.63, 3.8) is 0 Å². The quantitative estimate of drug-likeness (QED) is 0.760. The summed E-state index contributed by atoms with van der Waals surface area (Å²) in [7, 11) is 0. The fraction of sp³-hybridized carbons (Fsp3) is 0.500. The molecule has 1 unspecified atom stereocenters. The van der Waals surface area contributed by atoms with Crippen molar-refractivity contribution in [3.8, 4) is 0 Å². The summed E-state index contributed by atoms with van der Waals surface area (Å²) in [4.78, 5) is 11.7. The molecule has 100 valence electrons. The number of carbonyl (C=O) groups is 1. The van der Waals surface area contributed by atoms with Gasteiger partial charge in [0.05, 0.1) is 0 Å². The molecular formula is C14H20BrNO2.